The highest BCUT2D eigenvalue weighted by atomic mass is 35.5. The highest BCUT2D eigenvalue weighted by Crippen LogP contribution is 2.33. The maximum atomic E-state index is 13.5. The van der Waals surface area contributed by atoms with Gasteiger partial charge in [0.2, 0.25) is 0 Å². The second-order valence-electron chi connectivity index (χ2n) is 7.03. The number of nitrogens with zero attached hydrogens (tertiary/aromatic N) is 4. The monoisotopic (exact) mass is 494 g/mol. The SMILES string of the molecule is Cl.O=C(c1ccc2ncsc2c1)N(CCN1CCOCC1)c1nc2c(Cl)cccc2s1. The number of aromatic nitrogens is 2. The van der Waals surface area contributed by atoms with E-state index in [0.29, 0.717) is 22.3 Å². The van der Waals surface area contributed by atoms with Crippen LogP contribution in [0.5, 0.6) is 0 Å². The number of halogens is 2. The van der Waals surface area contributed by atoms with Crippen molar-refractivity contribution >= 4 is 78.2 Å². The molecule has 0 atom stereocenters. The smallest absolute Gasteiger partial charge is 0.260 e. The Bertz CT molecular complexity index is 1210. The number of anilines is 1. The molecule has 0 bridgehead atoms. The summed E-state index contributed by atoms with van der Waals surface area (Å²) in [7, 11) is 0. The van der Waals surface area contributed by atoms with Gasteiger partial charge in [0.25, 0.3) is 5.91 Å². The van der Waals surface area contributed by atoms with E-state index in [-0.39, 0.29) is 18.3 Å². The molecule has 6 nitrogen and oxygen atoms in total. The summed E-state index contributed by atoms with van der Waals surface area (Å²) >= 11 is 9.36. The van der Waals surface area contributed by atoms with Gasteiger partial charge in [-0.2, -0.15) is 0 Å². The number of hydrogen-bond donors (Lipinski definition) is 0. The van der Waals surface area contributed by atoms with Gasteiger partial charge in [-0.25, -0.2) is 9.97 Å². The van der Waals surface area contributed by atoms with Gasteiger partial charge in [-0.15, -0.1) is 23.7 Å². The minimum atomic E-state index is -0.0614. The molecule has 10 heteroatoms. The third kappa shape index (κ3) is 4.69. The minimum Gasteiger partial charge on any atom is -0.379 e. The number of morpholine rings is 1. The second-order valence-corrected chi connectivity index (χ2v) is 9.33. The van der Waals surface area contributed by atoms with Crippen LogP contribution in [0.4, 0.5) is 5.13 Å². The molecule has 0 aliphatic carbocycles. The molecule has 1 aliphatic heterocycles. The molecule has 0 spiro atoms. The lowest BCUT2D eigenvalue weighted by Crippen LogP contribution is -2.43. The van der Waals surface area contributed by atoms with Crippen LogP contribution in [0.2, 0.25) is 5.02 Å². The van der Waals surface area contributed by atoms with E-state index in [2.05, 4.69) is 9.88 Å². The van der Waals surface area contributed by atoms with E-state index in [1.807, 2.05) is 36.4 Å². The summed E-state index contributed by atoms with van der Waals surface area (Å²) in [6, 6.07) is 11.4. The average Bonchev–Trinajstić information content (AvgIpc) is 3.41. The molecule has 162 valence electrons. The van der Waals surface area contributed by atoms with Crippen LogP contribution in [-0.4, -0.2) is 60.2 Å². The third-order valence-corrected chi connectivity index (χ3v) is 7.30. The molecule has 0 unspecified atom stereocenters. The number of thiazole rings is 2. The summed E-state index contributed by atoms with van der Waals surface area (Å²) in [6.45, 7) is 4.53. The van der Waals surface area contributed by atoms with Crippen LogP contribution in [0, 0.1) is 0 Å². The Balaban J connectivity index is 0.00000231. The van der Waals surface area contributed by atoms with Crippen molar-refractivity contribution in [2.45, 2.75) is 0 Å². The molecule has 4 aromatic rings. The van der Waals surface area contributed by atoms with Crippen LogP contribution < -0.4 is 4.90 Å². The Hall–Kier alpha value is -1.81. The van der Waals surface area contributed by atoms with Crippen LogP contribution in [0.25, 0.3) is 20.4 Å². The van der Waals surface area contributed by atoms with Gasteiger partial charge in [-0.1, -0.05) is 29.0 Å². The molecule has 1 saturated heterocycles. The van der Waals surface area contributed by atoms with E-state index in [9.17, 15) is 4.79 Å². The molecule has 1 aliphatic rings. The van der Waals surface area contributed by atoms with Crippen molar-refractivity contribution in [1.29, 1.82) is 0 Å². The number of benzene rings is 2. The topological polar surface area (TPSA) is 58.6 Å². The van der Waals surface area contributed by atoms with E-state index in [0.717, 1.165) is 53.3 Å². The molecule has 2 aromatic heterocycles. The Labute approximate surface area is 198 Å². The van der Waals surface area contributed by atoms with Crippen molar-refractivity contribution < 1.29 is 9.53 Å². The number of para-hydroxylation sites is 1. The van der Waals surface area contributed by atoms with E-state index in [4.69, 9.17) is 21.3 Å². The van der Waals surface area contributed by atoms with Gasteiger partial charge in [0.05, 0.1) is 38.7 Å². The zero-order valence-electron chi connectivity index (χ0n) is 16.5. The van der Waals surface area contributed by atoms with E-state index in [1.165, 1.54) is 22.7 Å². The van der Waals surface area contributed by atoms with Crippen LogP contribution in [0.15, 0.2) is 41.9 Å². The minimum absolute atomic E-state index is 0. The Morgan fingerprint density at radius 1 is 1.19 bits per heavy atom. The van der Waals surface area contributed by atoms with Crippen LogP contribution in [0.3, 0.4) is 0 Å². The molecule has 1 amide bonds. The maximum absolute atomic E-state index is 13.5. The molecule has 0 radical (unpaired) electrons. The summed E-state index contributed by atoms with van der Waals surface area (Å²) < 4.78 is 7.42. The summed E-state index contributed by atoms with van der Waals surface area (Å²) in [5, 5.41) is 1.27. The predicted octanol–water partition coefficient (Wildman–Crippen LogP) is 4.96. The zero-order valence-corrected chi connectivity index (χ0v) is 19.7. The largest absolute Gasteiger partial charge is 0.379 e. The number of rotatable bonds is 5. The lowest BCUT2D eigenvalue weighted by molar-refractivity contribution is 0.0391. The van der Waals surface area contributed by atoms with Gasteiger partial charge in [0, 0.05) is 31.7 Å². The summed E-state index contributed by atoms with van der Waals surface area (Å²) in [5.41, 5.74) is 4.08. The number of ether oxygens (including phenoxy) is 1. The fourth-order valence-corrected chi connectivity index (χ4v) is 5.52. The Morgan fingerprint density at radius 2 is 2.03 bits per heavy atom. The Morgan fingerprint density at radius 3 is 2.84 bits per heavy atom. The first-order valence-corrected chi connectivity index (χ1v) is 11.8. The fourth-order valence-electron chi connectivity index (χ4n) is 3.51. The van der Waals surface area contributed by atoms with E-state index >= 15 is 0 Å². The second kappa shape index (κ2) is 9.77. The van der Waals surface area contributed by atoms with E-state index in [1.54, 1.807) is 10.4 Å². The van der Waals surface area contributed by atoms with Gasteiger partial charge in [0.15, 0.2) is 5.13 Å². The highest BCUT2D eigenvalue weighted by molar-refractivity contribution is 7.22. The molecule has 31 heavy (non-hydrogen) atoms. The molecule has 0 saturated carbocycles. The molecule has 0 N–H and O–H groups in total. The van der Waals surface area contributed by atoms with Crippen molar-refractivity contribution in [3.63, 3.8) is 0 Å². The predicted molar refractivity (Wildman–Crippen MR) is 130 cm³/mol. The highest BCUT2D eigenvalue weighted by Gasteiger charge is 2.23. The van der Waals surface area contributed by atoms with Crippen LogP contribution in [0.1, 0.15) is 10.4 Å². The first-order valence-electron chi connectivity index (χ1n) is 9.69. The third-order valence-electron chi connectivity index (χ3n) is 5.16. The molecule has 1 fully saturated rings. The number of carbonyl (C=O) groups is 1. The molecular formula is C21H20Cl2N4O2S2. The number of carbonyl (C=O) groups excluding carboxylic acids is 1. The van der Waals surface area contributed by atoms with Gasteiger partial charge in [-0.3, -0.25) is 14.6 Å². The van der Waals surface area contributed by atoms with Crippen LogP contribution in [-0.2, 0) is 4.74 Å². The lowest BCUT2D eigenvalue weighted by Gasteiger charge is -2.29. The van der Waals surface area contributed by atoms with Crippen molar-refractivity contribution in [2.75, 3.05) is 44.3 Å². The average molecular weight is 495 g/mol. The normalized spacial score (nSPS) is 14.6. The maximum Gasteiger partial charge on any atom is 0.260 e. The molecule has 5 rings (SSSR count). The first-order chi connectivity index (χ1) is 14.7. The fraction of sp³-hybridized carbons (Fsp3) is 0.286. The van der Waals surface area contributed by atoms with Crippen molar-refractivity contribution in [3.8, 4) is 0 Å². The summed E-state index contributed by atoms with van der Waals surface area (Å²) in [4.78, 5) is 26.7. The number of hydrogen-bond acceptors (Lipinski definition) is 7. The van der Waals surface area contributed by atoms with Gasteiger partial charge < -0.3 is 4.74 Å². The lowest BCUT2D eigenvalue weighted by atomic mass is 10.2. The quantitative estimate of drug-likeness (QED) is 0.392. The molecular weight excluding hydrogens is 475 g/mol. The number of amides is 1. The van der Waals surface area contributed by atoms with Gasteiger partial charge in [0.1, 0.15) is 5.52 Å². The van der Waals surface area contributed by atoms with Crippen LogP contribution >= 0.6 is 46.7 Å². The summed E-state index contributed by atoms with van der Waals surface area (Å²) in [6.07, 6.45) is 0. The Kier molecular flexibility index (Phi) is 7.05. The number of fused-ring (bicyclic) bond motifs is 2. The standard InChI is InChI=1S/C21H19ClN4O2S2.ClH/c22-15-2-1-3-17-19(15)24-21(30-17)26(7-6-25-8-10-28-11-9-25)20(27)14-4-5-16-18(12-14)29-13-23-16;/h1-5,12-13H,6-11H2;1H. The first kappa shape index (κ1) is 22.4. The zero-order chi connectivity index (χ0) is 20.5. The van der Waals surface area contributed by atoms with Crippen molar-refractivity contribution in [3.05, 3.63) is 52.5 Å². The van der Waals surface area contributed by atoms with Gasteiger partial charge in [-0.05, 0) is 30.3 Å². The van der Waals surface area contributed by atoms with Crippen molar-refractivity contribution in [1.82, 2.24) is 14.9 Å². The summed E-state index contributed by atoms with van der Waals surface area (Å²) in [5.74, 6) is -0.0614. The molecule has 3 heterocycles. The van der Waals surface area contributed by atoms with E-state index < -0.39 is 0 Å². The van der Waals surface area contributed by atoms with Gasteiger partial charge >= 0.3 is 0 Å². The molecule has 2 aromatic carbocycles. The van der Waals surface area contributed by atoms with Crippen molar-refractivity contribution in [2.24, 2.45) is 0 Å².